The van der Waals surface area contributed by atoms with E-state index < -0.39 is 0 Å². The zero-order chi connectivity index (χ0) is 11.9. The molecule has 0 radical (unpaired) electrons. The molecule has 0 fully saturated rings. The molecule has 2 unspecified atom stereocenters. The standard InChI is InChI=1S/C14H12N2O2/c1-3-7-11-9(5-1)15-13-14(17-11)16-10-6-2-4-8-12(10)18-13/h1-8,13-16H. The maximum Gasteiger partial charge on any atom is 0.226 e. The second kappa shape index (κ2) is 3.57. The minimum absolute atomic E-state index is 0.213. The average molecular weight is 240 g/mol. The SMILES string of the molecule is c1ccc2c(c1)NC1Oc3ccccc3NC1O2. The third kappa shape index (κ3) is 1.39. The predicted octanol–water partition coefficient (Wildman–Crippen LogP) is 2.65. The van der Waals surface area contributed by atoms with Gasteiger partial charge in [-0.25, -0.2) is 0 Å². The number of hydrogen-bond donors (Lipinski definition) is 2. The van der Waals surface area contributed by atoms with Crippen LogP contribution in [0.4, 0.5) is 11.4 Å². The monoisotopic (exact) mass is 240 g/mol. The maximum atomic E-state index is 5.89. The highest BCUT2D eigenvalue weighted by Crippen LogP contribution is 2.37. The van der Waals surface area contributed by atoms with Crippen molar-refractivity contribution in [3.8, 4) is 11.5 Å². The van der Waals surface area contributed by atoms with Crippen molar-refractivity contribution in [3.63, 3.8) is 0 Å². The van der Waals surface area contributed by atoms with Gasteiger partial charge in [0.05, 0.1) is 11.4 Å². The number of hydrogen-bond acceptors (Lipinski definition) is 4. The summed E-state index contributed by atoms with van der Waals surface area (Å²) in [6, 6.07) is 15.7. The van der Waals surface area contributed by atoms with Gasteiger partial charge in [-0.2, -0.15) is 0 Å². The van der Waals surface area contributed by atoms with Crippen molar-refractivity contribution in [1.29, 1.82) is 0 Å². The normalized spacial score (nSPS) is 23.1. The Hall–Kier alpha value is -2.36. The van der Waals surface area contributed by atoms with Crippen molar-refractivity contribution in [2.75, 3.05) is 10.6 Å². The van der Waals surface area contributed by atoms with Crippen molar-refractivity contribution in [2.24, 2.45) is 0 Å². The summed E-state index contributed by atoms with van der Waals surface area (Å²) in [5.74, 6) is 1.68. The smallest absolute Gasteiger partial charge is 0.226 e. The molecule has 2 aromatic carbocycles. The van der Waals surface area contributed by atoms with Gasteiger partial charge in [0.15, 0.2) is 0 Å². The molecule has 4 rings (SSSR count). The minimum Gasteiger partial charge on any atom is -0.462 e. The summed E-state index contributed by atoms with van der Waals surface area (Å²) in [4.78, 5) is 0. The number of rotatable bonds is 0. The van der Waals surface area contributed by atoms with E-state index in [1.54, 1.807) is 0 Å². The Kier molecular flexibility index (Phi) is 1.91. The van der Waals surface area contributed by atoms with Crippen LogP contribution in [0.15, 0.2) is 48.5 Å². The zero-order valence-electron chi connectivity index (χ0n) is 9.59. The first-order valence-electron chi connectivity index (χ1n) is 5.95. The van der Waals surface area contributed by atoms with Gasteiger partial charge in [-0.3, -0.25) is 0 Å². The largest absolute Gasteiger partial charge is 0.462 e. The molecule has 2 N–H and O–H groups in total. The van der Waals surface area contributed by atoms with E-state index in [0.29, 0.717) is 0 Å². The van der Waals surface area contributed by atoms with Crippen LogP contribution in [-0.2, 0) is 0 Å². The van der Waals surface area contributed by atoms with Crippen LogP contribution < -0.4 is 20.1 Å². The zero-order valence-corrected chi connectivity index (χ0v) is 9.59. The van der Waals surface area contributed by atoms with Crippen LogP contribution in [0.2, 0.25) is 0 Å². The molecule has 4 nitrogen and oxygen atoms in total. The quantitative estimate of drug-likeness (QED) is 0.743. The van der Waals surface area contributed by atoms with Gasteiger partial charge in [0.2, 0.25) is 12.5 Å². The summed E-state index contributed by atoms with van der Waals surface area (Å²) in [6.45, 7) is 0. The van der Waals surface area contributed by atoms with E-state index in [9.17, 15) is 0 Å². The van der Waals surface area contributed by atoms with E-state index in [1.807, 2.05) is 48.5 Å². The first-order valence-corrected chi connectivity index (χ1v) is 5.95. The molecule has 0 spiro atoms. The lowest BCUT2D eigenvalue weighted by molar-refractivity contribution is 0.0700. The lowest BCUT2D eigenvalue weighted by Crippen LogP contribution is -2.52. The highest BCUT2D eigenvalue weighted by atomic mass is 16.6. The second-order valence-corrected chi connectivity index (χ2v) is 4.36. The summed E-state index contributed by atoms with van der Waals surface area (Å²) in [5.41, 5.74) is 1.92. The third-order valence-corrected chi connectivity index (χ3v) is 3.15. The molecule has 0 bridgehead atoms. The Morgan fingerprint density at radius 2 is 1.11 bits per heavy atom. The highest BCUT2D eigenvalue weighted by Gasteiger charge is 2.35. The van der Waals surface area contributed by atoms with Gasteiger partial charge in [-0.15, -0.1) is 0 Å². The maximum absolute atomic E-state index is 5.89. The van der Waals surface area contributed by atoms with Crippen LogP contribution in [0.3, 0.4) is 0 Å². The van der Waals surface area contributed by atoms with Crippen LogP contribution in [0, 0.1) is 0 Å². The molecule has 18 heavy (non-hydrogen) atoms. The van der Waals surface area contributed by atoms with Crippen LogP contribution >= 0.6 is 0 Å². The molecule has 2 heterocycles. The molecule has 2 aliphatic heterocycles. The molecule has 0 saturated heterocycles. The topological polar surface area (TPSA) is 42.5 Å². The van der Waals surface area contributed by atoms with E-state index in [4.69, 9.17) is 9.47 Å². The molecule has 0 aliphatic carbocycles. The van der Waals surface area contributed by atoms with E-state index in [1.165, 1.54) is 0 Å². The fraction of sp³-hybridized carbons (Fsp3) is 0.143. The Labute approximate surface area is 105 Å². The number of para-hydroxylation sites is 4. The van der Waals surface area contributed by atoms with E-state index >= 15 is 0 Å². The summed E-state index contributed by atoms with van der Waals surface area (Å²) in [7, 11) is 0. The predicted molar refractivity (Wildman–Crippen MR) is 69.0 cm³/mol. The van der Waals surface area contributed by atoms with E-state index in [0.717, 1.165) is 22.9 Å². The molecule has 2 atom stereocenters. The first-order chi connectivity index (χ1) is 8.90. The molecular formula is C14H12N2O2. The Morgan fingerprint density at radius 3 is 1.61 bits per heavy atom. The van der Waals surface area contributed by atoms with Crippen LogP contribution in [-0.4, -0.2) is 12.5 Å². The Bertz CT molecular complexity index is 496. The Balaban J connectivity index is 1.70. The molecule has 0 saturated carbocycles. The van der Waals surface area contributed by atoms with E-state index in [2.05, 4.69) is 10.6 Å². The lowest BCUT2D eigenvalue weighted by Gasteiger charge is -2.39. The summed E-state index contributed by atoms with van der Waals surface area (Å²) in [5, 5.41) is 6.66. The van der Waals surface area contributed by atoms with E-state index in [-0.39, 0.29) is 12.5 Å². The van der Waals surface area contributed by atoms with Crippen LogP contribution in [0.1, 0.15) is 0 Å². The lowest BCUT2D eigenvalue weighted by atomic mass is 10.2. The third-order valence-electron chi connectivity index (χ3n) is 3.15. The number of benzene rings is 2. The van der Waals surface area contributed by atoms with Gasteiger partial charge >= 0.3 is 0 Å². The van der Waals surface area contributed by atoms with Crippen LogP contribution in [0.25, 0.3) is 0 Å². The van der Waals surface area contributed by atoms with Gasteiger partial charge in [0.25, 0.3) is 0 Å². The molecule has 90 valence electrons. The fourth-order valence-corrected chi connectivity index (χ4v) is 2.29. The number of fused-ring (bicyclic) bond motifs is 3. The number of nitrogens with one attached hydrogen (secondary N) is 2. The Morgan fingerprint density at radius 1 is 0.667 bits per heavy atom. The van der Waals surface area contributed by atoms with Crippen molar-refractivity contribution in [1.82, 2.24) is 0 Å². The van der Waals surface area contributed by atoms with Gasteiger partial charge in [-0.1, -0.05) is 24.3 Å². The number of anilines is 2. The molecule has 4 heteroatoms. The summed E-state index contributed by atoms with van der Waals surface area (Å²) >= 11 is 0. The molecule has 0 amide bonds. The van der Waals surface area contributed by atoms with Gasteiger partial charge in [-0.05, 0) is 24.3 Å². The van der Waals surface area contributed by atoms with Crippen LogP contribution in [0.5, 0.6) is 11.5 Å². The summed E-state index contributed by atoms with van der Waals surface area (Å²) in [6.07, 6.45) is -0.426. The minimum atomic E-state index is -0.213. The fourth-order valence-electron chi connectivity index (χ4n) is 2.29. The van der Waals surface area contributed by atoms with Crippen molar-refractivity contribution >= 4 is 11.4 Å². The molecule has 2 aliphatic rings. The van der Waals surface area contributed by atoms with Gasteiger partial charge in [0.1, 0.15) is 11.5 Å². The second-order valence-electron chi connectivity index (χ2n) is 4.36. The highest BCUT2D eigenvalue weighted by molar-refractivity contribution is 5.63. The average Bonchev–Trinajstić information content (AvgIpc) is 2.42. The summed E-state index contributed by atoms with van der Waals surface area (Å²) < 4.78 is 11.8. The first kappa shape index (κ1) is 9.65. The number of ether oxygens (including phenoxy) is 2. The van der Waals surface area contributed by atoms with Crippen molar-refractivity contribution < 1.29 is 9.47 Å². The van der Waals surface area contributed by atoms with Crippen molar-refractivity contribution in [3.05, 3.63) is 48.5 Å². The molecular weight excluding hydrogens is 228 g/mol. The molecule has 0 aromatic heterocycles. The van der Waals surface area contributed by atoms with Crippen molar-refractivity contribution in [2.45, 2.75) is 12.5 Å². The van der Waals surface area contributed by atoms with Gasteiger partial charge in [0, 0.05) is 0 Å². The van der Waals surface area contributed by atoms with Gasteiger partial charge < -0.3 is 20.1 Å². The molecule has 2 aromatic rings.